The van der Waals surface area contributed by atoms with E-state index in [4.69, 9.17) is 15.2 Å². The monoisotopic (exact) mass is 448 g/mol. The van der Waals surface area contributed by atoms with Gasteiger partial charge in [0.05, 0.1) is 74.3 Å². The molecule has 0 saturated heterocycles. The van der Waals surface area contributed by atoms with Gasteiger partial charge in [-0.3, -0.25) is 20.1 Å². The molecule has 0 unspecified atom stereocenters. The van der Waals surface area contributed by atoms with Crippen LogP contribution in [-0.4, -0.2) is 56.9 Å². The minimum absolute atomic E-state index is 0.206. The molecule has 2 aromatic carbocycles. The molecule has 2 heterocycles. The Balaban J connectivity index is 0.000000182. The summed E-state index contributed by atoms with van der Waals surface area (Å²) in [7, 11) is 0. The van der Waals surface area contributed by atoms with Crippen LogP contribution in [0.5, 0.6) is 0 Å². The largest absolute Gasteiger partial charge is 0.399 e. The molecule has 0 fully saturated rings. The van der Waals surface area contributed by atoms with Crippen LogP contribution in [0, 0.1) is 21.7 Å². The second-order valence-electron chi connectivity index (χ2n) is 6.60. The number of nitrogens with two attached hydrogens (primary N) is 1. The van der Waals surface area contributed by atoms with Gasteiger partial charge in [-0.25, -0.2) is 8.78 Å². The molecule has 0 bridgehead atoms. The summed E-state index contributed by atoms with van der Waals surface area (Å²) >= 11 is 0. The fourth-order valence-corrected chi connectivity index (χ4v) is 2.87. The minimum Gasteiger partial charge on any atom is -0.399 e. The number of halogens is 2. The third-order valence-electron chi connectivity index (χ3n) is 4.39. The molecule has 4 rings (SSSR count). The topological polar surface area (TPSA) is 119 Å². The molecule has 2 aliphatic heterocycles. The van der Waals surface area contributed by atoms with Gasteiger partial charge in [0, 0.05) is 11.8 Å². The molecule has 170 valence electrons. The highest BCUT2D eigenvalue weighted by atomic mass is 19.1. The average molecular weight is 448 g/mol. The van der Waals surface area contributed by atoms with Crippen LogP contribution in [0.4, 0.5) is 31.5 Å². The van der Waals surface area contributed by atoms with Gasteiger partial charge in [-0.15, -0.1) is 0 Å². The fourth-order valence-electron chi connectivity index (χ4n) is 2.87. The first-order valence-corrected chi connectivity index (χ1v) is 9.70. The van der Waals surface area contributed by atoms with Crippen LogP contribution in [0.2, 0.25) is 0 Å². The van der Waals surface area contributed by atoms with Gasteiger partial charge in [0.1, 0.15) is 5.82 Å². The summed E-state index contributed by atoms with van der Waals surface area (Å²) in [6.45, 7) is 2.75. The Morgan fingerprint density at radius 1 is 0.906 bits per heavy atom. The van der Waals surface area contributed by atoms with E-state index in [-0.39, 0.29) is 17.2 Å². The molecule has 0 aliphatic carbocycles. The summed E-state index contributed by atoms with van der Waals surface area (Å²) in [4.78, 5) is 9.83. The number of hydrazone groups is 2. The van der Waals surface area contributed by atoms with E-state index in [1.807, 2.05) is 0 Å². The average Bonchev–Trinajstić information content (AvgIpc) is 3.19. The van der Waals surface area contributed by atoms with Gasteiger partial charge in [-0.2, -0.15) is 10.2 Å². The van der Waals surface area contributed by atoms with Crippen molar-refractivity contribution in [3.63, 3.8) is 0 Å². The van der Waals surface area contributed by atoms with Crippen molar-refractivity contribution < 1.29 is 23.2 Å². The van der Waals surface area contributed by atoms with E-state index in [0.29, 0.717) is 50.9 Å². The van der Waals surface area contributed by atoms with Gasteiger partial charge < -0.3 is 15.2 Å². The molecule has 12 heteroatoms. The number of non-ortho nitro benzene ring substituents is 1. The molecule has 0 spiro atoms. The summed E-state index contributed by atoms with van der Waals surface area (Å²) in [5.74, 6) is -1.03. The number of nitrogen functional groups attached to an aromatic ring is 1. The van der Waals surface area contributed by atoms with E-state index in [2.05, 4.69) is 10.2 Å². The molecule has 0 saturated carbocycles. The summed E-state index contributed by atoms with van der Waals surface area (Å²) in [5.41, 5.74) is 6.23. The van der Waals surface area contributed by atoms with Crippen molar-refractivity contribution in [3.05, 3.63) is 58.1 Å². The Labute approximate surface area is 182 Å². The van der Waals surface area contributed by atoms with Crippen molar-refractivity contribution >= 4 is 35.2 Å². The van der Waals surface area contributed by atoms with Crippen molar-refractivity contribution in [1.29, 1.82) is 0 Å². The molecule has 0 radical (unpaired) electrons. The quantitative estimate of drug-likeness (QED) is 0.436. The third-order valence-corrected chi connectivity index (χ3v) is 4.39. The predicted octanol–water partition coefficient (Wildman–Crippen LogP) is 2.79. The zero-order chi connectivity index (χ0) is 22.9. The second-order valence-corrected chi connectivity index (χ2v) is 6.60. The Morgan fingerprint density at radius 2 is 1.44 bits per heavy atom. The SMILES string of the molecule is Nc1ccc(N2CCOCC=N2)c(F)c1.O=[N+]([O-])c1ccc(N2CCOCC=N2)c(F)c1. The lowest BCUT2D eigenvalue weighted by atomic mass is 10.2. The zero-order valence-electron chi connectivity index (χ0n) is 17.1. The summed E-state index contributed by atoms with van der Waals surface area (Å²) in [6, 6.07) is 8.04. The molecule has 0 aromatic heterocycles. The number of hydrogen-bond donors (Lipinski definition) is 1. The minimum atomic E-state index is -0.668. The maximum absolute atomic E-state index is 13.7. The van der Waals surface area contributed by atoms with Crippen molar-refractivity contribution in [2.24, 2.45) is 10.2 Å². The first-order chi connectivity index (χ1) is 15.5. The Kier molecular flexibility index (Phi) is 8.00. The first-order valence-electron chi connectivity index (χ1n) is 9.70. The van der Waals surface area contributed by atoms with E-state index in [9.17, 15) is 18.9 Å². The molecule has 0 amide bonds. The van der Waals surface area contributed by atoms with Crippen LogP contribution < -0.4 is 15.8 Å². The van der Waals surface area contributed by atoms with Crippen LogP contribution >= 0.6 is 0 Å². The van der Waals surface area contributed by atoms with Gasteiger partial charge in [-0.05, 0) is 24.3 Å². The van der Waals surface area contributed by atoms with E-state index < -0.39 is 10.7 Å². The number of nitro benzene ring substituents is 1. The van der Waals surface area contributed by atoms with Crippen LogP contribution in [0.3, 0.4) is 0 Å². The van der Waals surface area contributed by atoms with Gasteiger partial charge in [0.25, 0.3) is 5.69 Å². The second kappa shape index (κ2) is 11.1. The molecule has 2 N–H and O–H groups in total. The molecule has 2 aliphatic rings. The Hall–Kier alpha value is -3.64. The van der Waals surface area contributed by atoms with Crippen molar-refractivity contribution in [2.45, 2.75) is 0 Å². The Bertz CT molecular complexity index is 1000. The maximum atomic E-state index is 13.7. The normalized spacial score (nSPS) is 16.1. The number of ether oxygens (including phenoxy) is 2. The van der Waals surface area contributed by atoms with Crippen molar-refractivity contribution in [2.75, 3.05) is 55.3 Å². The summed E-state index contributed by atoms with van der Waals surface area (Å²) < 4.78 is 37.5. The third kappa shape index (κ3) is 6.18. The zero-order valence-corrected chi connectivity index (χ0v) is 17.1. The van der Waals surface area contributed by atoms with Gasteiger partial charge in [-0.1, -0.05) is 0 Å². The number of rotatable bonds is 3. The van der Waals surface area contributed by atoms with E-state index >= 15 is 0 Å². The smallest absolute Gasteiger partial charge is 0.272 e. The molecule has 0 atom stereocenters. The summed E-state index contributed by atoms with van der Waals surface area (Å²) in [6.07, 6.45) is 3.14. The lowest BCUT2D eigenvalue weighted by Gasteiger charge is -2.17. The van der Waals surface area contributed by atoms with E-state index in [0.717, 1.165) is 6.07 Å². The molecule has 32 heavy (non-hydrogen) atoms. The number of anilines is 3. The van der Waals surface area contributed by atoms with Gasteiger partial charge in [0.2, 0.25) is 0 Å². The van der Waals surface area contributed by atoms with E-state index in [1.165, 1.54) is 29.4 Å². The van der Waals surface area contributed by atoms with Gasteiger partial charge in [0.15, 0.2) is 5.82 Å². The van der Waals surface area contributed by atoms with Crippen LogP contribution in [0.1, 0.15) is 0 Å². The van der Waals surface area contributed by atoms with Crippen LogP contribution in [0.25, 0.3) is 0 Å². The molecular weight excluding hydrogens is 426 g/mol. The number of nitro groups is 1. The number of benzene rings is 2. The van der Waals surface area contributed by atoms with Gasteiger partial charge >= 0.3 is 0 Å². The number of hydrogen-bond acceptors (Lipinski definition) is 9. The van der Waals surface area contributed by atoms with Crippen molar-refractivity contribution in [1.82, 2.24) is 0 Å². The van der Waals surface area contributed by atoms with Crippen molar-refractivity contribution in [3.8, 4) is 0 Å². The molecule has 10 nitrogen and oxygen atoms in total. The molecule has 2 aromatic rings. The summed E-state index contributed by atoms with van der Waals surface area (Å²) in [5, 5.41) is 21.6. The standard InChI is InChI=1S/C10H10FN3O3.C10H12FN3O/c11-9-7-8(14(15)16)1-2-10(9)13-4-6-17-5-3-12-13;11-9-7-8(12)1-2-10(9)14-4-6-15-5-3-13-14/h1-3,7H,4-6H2;1-3,7H,4-6,12H2. The Morgan fingerprint density at radius 3 is 1.94 bits per heavy atom. The van der Waals surface area contributed by atoms with Crippen LogP contribution in [-0.2, 0) is 9.47 Å². The van der Waals surface area contributed by atoms with E-state index in [1.54, 1.807) is 23.4 Å². The highest BCUT2D eigenvalue weighted by Crippen LogP contribution is 2.24. The highest BCUT2D eigenvalue weighted by Gasteiger charge is 2.16. The predicted molar refractivity (Wildman–Crippen MR) is 117 cm³/mol. The number of nitrogens with zero attached hydrogens (tertiary/aromatic N) is 5. The molecular formula is C20H22F2N6O4. The fraction of sp³-hybridized carbons (Fsp3) is 0.300. The lowest BCUT2D eigenvalue weighted by Crippen LogP contribution is -2.20. The lowest BCUT2D eigenvalue weighted by molar-refractivity contribution is -0.385. The first kappa shape index (κ1) is 23.0. The highest BCUT2D eigenvalue weighted by molar-refractivity contribution is 5.63. The van der Waals surface area contributed by atoms with Crippen LogP contribution in [0.15, 0.2) is 46.6 Å². The maximum Gasteiger partial charge on any atom is 0.272 e.